The highest BCUT2D eigenvalue weighted by molar-refractivity contribution is 5.96. The van der Waals surface area contributed by atoms with E-state index in [0.717, 1.165) is 17.7 Å². The molecule has 3 aromatic carbocycles. The van der Waals surface area contributed by atoms with Crippen molar-refractivity contribution in [1.29, 1.82) is 0 Å². The number of hydrogen-bond donors (Lipinski definition) is 2. The minimum absolute atomic E-state index is 0.0976. The van der Waals surface area contributed by atoms with Crippen molar-refractivity contribution < 1.29 is 19.1 Å². The minimum Gasteiger partial charge on any atom is -0.480 e. The van der Waals surface area contributed by atoms with Crippen LogP contribution < -0.4 is 15.4 Å². The Balaban J connectivity index is 1.82. The maximum absolute atomic E-state index is 12.7. The Bertz CT molecular complexity index is 1110. The summed E-state index contributed by atoms with van der Waals surface area (Å²) in [5.41, 5.74) is 2.48. The molecule has 190 valence electrons. The van der Waals surface area contributed by atoms with Gasteiger partial charge in [-0.2, -0.15) is 0 Å². The highest BCUT2D eigenvalue weighted by Gasteiger charge is 2.22. The fourth-order valence-corrected chi connectivity index (χ4v) is 4.10. The van der Waals surface area contributed by atoms with Gasteiger partial charge in [-0.1, -0.05) is 74.5 Å². The predicted octanol–water partition coefficient (Wildman–Crippen LogP) is 5.35. The third-order valence-electron chi connectivity index (χ3n) is 5.56. The van der Waals surface area contributed by atoms with Gasteiger partial charge >= 0.3 is 12.0 Å². The lowest BCUT2D eigenvalue weighted by atomic mass is 9.93. The lowest BCUT2D eigenvalue weighted by Crippen LogP contribution is -2.41. The average Bonchev–Trinajstić information content (AvgIpc) is 2.86. The van der Waals surface area contributed by atoms with Crippen molar-refractivity contribution in [3.63, 3.8) is 0 Å². The van der Waals surface area contributed by atoms with Crippen LogP contribution in [-0.4, -0.2) is 51.2 Å². The number of ether oxygens (including phenoxy) is 2. The third kappa shape index (κ3) is 7.58. The third-order valence-corrected chi connectivity index (χ3v) is 5.56. The van der Waals surface area contributed by atoms with E-state index in [0.29, 0.717) is 18.0 Å². The molecule has 0 fully saturated rings. The summed E-state index contributed by atoms with van der Waals surface area (Å²) in [6, 6.07) is 24.2. The van der Waals surface area contributed by atoms with Crippen LogP contribution in [0.4, 0.5) is 10.5 Å². The first-order valence-electron chi connectivity index (χ1n) is 11.9. The average molecular weight is 490 g/mol. The molecule has 0 aliphatic rings. The largest absolute Gasteiger partial charge is 0.480 e. The zero-order valence-corrected chi connectivity index (χ0v) is 21.6. The summed E-state index contributed by atoms with van der Waals surface area (Å²) in [6.07, 6.45) is -0.433. The molecule has 0 aliphatic heterocycles. The van der Waals surface area contributed by atoms with Crippen LogP contribution in [0.15, 0.2) is 78.9 Å². The fourth-order valence-electron chi connectivity index (χ4n) is 4.10. The van der Waals surface area contributed by atoms with E-state index in [1.165, 1.54) is 7.11 Å². The van der Waals surface area contributed by atoms with Crippen LogP contribution in [0.2, 0.25) is 0 Å². The van der Waals surface area contributed by atoms with E-state index in [1.54, 1.807) is 18.2 Å². The summed E-state index contributed by atoms with van der Waals surface area (Å²) in [4.78, 5) is 27.3. The fraction of sp³-hybridized carbons (Fsp3) is 0.310. The number of carbonyl (C=O) groups excluding carboxylic acids is 2. The SMILES string of the molecule is COC(=O)c1cc(NC(=O)NCC(C)(C)CN(C)C)ccc1OC(c1ccccc1)c1ccccc1. The van der Waals surface area contributed by atoms with Gasteiger partial charge in [0.15, 0.2) is 0 Å². The van der Waals surface area contributed by atoms with E-state index in [9.17, 15) is 9.59 Å². The molecule has 3 rings (SSSR count). The van der Waals surface area contributed by atoms with Crippen LogP contribution in [0.1, 0.15) is 41.4 Å². The smallest absolute Gasteiger partial charge is 0.341 e. The molecule has 0 atom stereocenters. The van der Waals surface area contributed by atoms with Crippen LogP contribution in [-0.2, 0) is 4.74 Å². The number of carbonyl (C=O) groups is 2. The Kier molecular flexibility index (Phi) is 9.08. The summed E-state index contributed by atoms with van der Waals surface area (Å²) in [5, 5.41) is 5.71. The summed E-state index contributed by atoms with van der Waals surface area (Å²) in [6.45, 7) is 5.50. The second-order valence-electron chi connectivity index (χ2n) is 9.73. The molecule has 0 aliphatic carbocycles. The van der Waals surface area contributed by atoms with Gasteiger partial charge in [0.2, 0.25) is 0 Å². The maximum atomic E-state index is 12.7. The number of nitrogens with zero attached hydrogens (tertiary/aromatic N) is 1. The Morgan fingerprint density at radius 2 is 1.50 bits per heavy atom. The van der Waals surface area contributed by atoms with Crippen molar-refractivity contribution in [3.8, 4) is 5.75 Å². The molecular weight excluding hydrogens is 454 g/mol. The number of nitrogens with one attached hydrogen (secondary N) is 2. The Morgan fingerprint density at radius 3 is 2.03 bits per heavy atom. The van der Waals surface area contributed by atoms with Crippen LogP contribution in [0.5, 0.6) is 5.75 Å². The van der Waals surface area contributed by atoms with E-state index in [1.807, 2.05) is 74.8 Å². The quantitative estimate of drug-likeness (QED) is 0.375. The molecule has 0 spiro atoms. The molecule has 3 aromatic rings. The second-order valence-corrected chi connectivity index (χ2v) is 9.73. The number of urea groups is 1. The first-order chi connectivity index (χ1) is 17.2. The molecule has 0 unspecified atom stereocenters. The van der Waals surface area contributed by atoms with E-state index < -0.39 is 12.1 Å². The van der Waals surface area contributed by atoms with Gasteiger partial charge in [0, 0.05) is 18.8 Å². The summed E-state index contributed by atoms with van der Waals surface area (Å²) < 4.78 is 11.4. The molecule has 7 heteroatoms. The normalized spacial score (nSPS) is 11.3. The van der Waals surface area contributed by atoms with Crippen LogP contribution in [0, 0.1) is 5.41 Å². The molecule has 0 aromatic heterocycles. The number of hydrogen-bond acceptors (Lipinski definition) is 5. The molecule has 2 amide bonds. The van der Waals surface area contributed by atoms with Gasteiger partial charge in [0.1, 0.15) is 17.4 Å². The Labute approximate surface area is 213 Å². The van der Waals surface area contributed by atoms with Crippen molar-refractivity contribution in [2.45, 2.75) is 20.0 Å². The summed E-state index contributed by atoms with van der Waals surface area (Å²) in [5.74, 6) is -0.196. The van der Waals surface area contributed by atoms with Gasteiger partial charge in [-0.3, -0.25) is 0 Å². The molecular formula is C29H35N3O4. The van der Waals surface area contributed by atoms with Crippen molar-refractivity contribution in [2.24, 2.45) is 5.41 Å². The van der Waals surface area contributed by atoms with Gasteiger partial charge < -0.3 is 25.0 Å². The molecule has 7 nitrogen and oxygen atoms in total. The van der Waals surface area contributed by atoms with Crippen LogP contribution >= 0.6 is 0 Å². The molecule has 2 N–H and O–H groups in total. The summed E-state index contributed by atoms with van der Waals surface area (Å²) in [7, 11) is 5.32. The van der Waals surface area contributed by atoms with E-state index >= 15 is 0 Å². The van der Waals surface area contributed by atoms with Gasteiger partial charge in [-0.05, 0) is 48.8 Å². The lowest BCUT2D eigenvalue weighted by molar-refractivity contribution is 0.0594. The highest BCUT2D eigenvalue weighted by Crippen LogP contribution is 2.32. The first kappa shape index (κ1) is 26.8. The Morgan fingerprint density at radius 1 is 0.917 bits per heavy atom. The molecule has 0 heterocycles. The van der Waals surface area contributed by atoms with Gasteiger partial charge in [-0.15, -0.1) is 0 Å². The van der Waals surface area contributed by atoms with Crippen molar-refractivity contribution in [2.75, 3.05) is 39.6 Å². The number of esters is 1. The minimum atomic E-state index is -0.555. The van der Waals surface area contributed by atoms with E-state index in [4.69, 9.17) is 9.47 Å². The van der Waals surface area contributed by atoms with Crippen LogP contribution in [0.25, 0.3) is 0 Å². The van der Waals surface area contributed by atoms with Gasteiger partial charge in [-0.25, -0.2) is 9.59 Å². The first-order valence-corrected chi connectivity index (χ1v) is 11.9. The molecule has 0 radical (unpaired) electrons. The molecule has 0 saturated carbocycles. The van der Waals surface area contributed by atoms with E-state index in [-0.39, 0.29) is 17.0 Å². The van der Waals surface area contributed by atoms with Crippen molar-refractivity contribution in [1.82, 2.24) is 10.2 Å². The zero-order chi connectivity index (χ0) is 26.1. The highest BCUT2D eigenvalue weighted by atomic mass is 16.5. The summed E-state index contributed by atoms with van der Waals surface area (Å²) >= 11 is 0. The number of amides is 2. The van der Waals surface area contributed by atoms with E-state index in [2.05, 4.69) is 29.4 Å². The van der Waals surface area contributed by atoms with Gasteiger partial charge in [0.05, 0.1) is 7.11 Å². The van der Waals surface area contributed by atoms with Crippen molar-refractivity contribution in [3.05, 3.63) is 95.6 Å². The standard InChI is InChI=1S/C29H35N3O4/c1-29(2,20-32(3)4)19-30-28(34)31-23-16-17-25(24(18-23)27(33)35-5)36-26(21-12-8-6-9-13-21)22-14-10-7-11-15-22/h6-18,26H,19-20H2,1-5H3,(H2,30,31,34). The zero-order valence-electron chi connectivity index (χ0n) is 21.6. The second kappa shape index (κ2) is 12.2. The molecule has 0 saturated heterocycles. The number of rotatable bonds is 10. The Hall–Kier alpha value is -3.84. The topological polar surface area (TPSA) is 79.9 Å². The monoisotopic (exact) mass is 489 g/mol. The predicted molar refractivity (Wildman–Crippen MR) is 142 cm³/mol. The lowest BCUT2D eigenvalue weighted by Gasteiger charge is -2.28. The number of methoxy groups -OCH3 is 1. The number of benzene rings is 3. The van der Waals surface area contributed by atoms with Gasteiger partial charge in [0.25, 0.3) is 0 Å². The molecule has 0 bridgehead atoms. The number of anilines is 1. The molecule has 36 heavy (non-hydrogen) atoms. The van der Waals surface area contributed by atoms with Crippen LogP contribution in [0.3, 0.4) is 0 Å². The maximum Gasteiger partial charge on any atom is 0.341 e. The van der Waals surface area contributed by atoms with Crippen molar-refractivity contribution >= 4 is 17.7 Å².